The molecule has 0 bridgehead atoms. The number of aryl methyl sites for hydroxylation is 1. The number of anilines is 1. The number of hydrogen-bond acceptors (Lipinski definition) is 6. The first-order valence-electron chi connectivity index (χ1n) is 10.2. The van der Waals surface area contributed by atoms with Crippen LogP contribution in [-0.2, 0) is 17.2 Å². The van der Waals surface area contributed by atoms with Gasteiger partial charge in [-0.05, 0) is 37.5 Å². The molecule has 1 saturated carbocycles. The van der Waals surface area contributed by atoms with E-state index >= 15 is 0 Å². The molecule has 0 aromatic carbocycles. The predicted octanol–water partition coefficient (Wildman–Crippen LogP) is 4.47. The lowest BCUT2D eigenvalue weighted by atomic mass is 9.87. The fraction of sp³-hybridized carbons (Fsp3) is 0.476. The number of thiophene rings is 1. The summed E-state index contributed by atoms with van der Waals surface area (Å²) >= 11 is 7.73. The van der Waals surface area contributed by atoms with E-state index in [4.69, 9.17) is 22.3 Å². The van der Waals surface area contributed by atoms with Crippen LogP contribution in [0.2, 0.25) is 5.02 Å². The smallest absolute Gasteiger partial charge is 0.266 e. The summed E-state index contributed by atoms with van der Waals surface area (Å²) in [6.07, 6.45) is 5.67. The number of halogens is 1. The number of nitrogens with zero attached hydrogens (tertiary/aromatic N) is 2. The van der Waals surface area contributed by atoms with Gasteiger partial charge in [-0.2, -0.15) is 0 Å². The zero-order valence-corrected chi connectivity index (χ0v) is 19.2. The van der Waals surface area contributed by atoms with Crippen LogP contribution in [0.1, 0.15) is 65.3 Å². The van der Waals surface area contributed by atoms with Crippen LogP contribution in [0.5, 0.6) is 0 Å². The maximum atomic E-state index is 13.1. The van der Waals surface area contributed by atoms with Gasteiger partial charge in [0.1, 0.15) is 16.4 Å². The fourth-order valence-corrected chi connectivity index (χ4v) is 7.51. The van der Waals surface area contributed by atoms with E-state index in [1.165, 1.54) is 11.3 Å². The Hall–Kier alpha value is -1.77. The molecule has 9 heteroatoms. The lowest BCUT2D eigenvalue weighted by molar-refractivity contribution is 0.103. The van der Waals surface area contributed by atoms with Gasteiger partial charge < -0.3 is 11.1 Å². The minimum atomic E-state index is -1.11. The molecule has 1 aliphatic heterocycles. The summed E-state index contributed by atoms with van der Waals surface area (Å²) in [7, 11) is -1.11. The normalized spacial score (nSPS) is 23.2. The van der Waals surface area contributed by atoms with Gasteiger partial charge in [0.05, 0.1) is 21.7 Å². The third-order valence-electron chi connectivity index (χ3n) is 5.82. The summed E-state index contributed by atoms with van der Waals surface area (Å²) in [4.78, 5) is 23.0. The average molecular weight is 465 g/mol. The number of carbonyl (C=O) groups is 1. The van der Waals surface area contributed by atoms with Crippen molar-refractivity contribution in [3.8, 4) is 0 Å². The molecule has 6 nitrogen and oxygen atoms in total. The zero-order valence-electron chi connectivity index (χ0n) is 16.8. The highest BCUT2D eigenvalue weighted by molar-refractivity contribution is 7.87. The van der Waals surface area contributed by atoms with Crippen LogP contribution in [0.15, 0.2) is 29.3 Å². The van der Waals surface area contributed by atoms with E-state index in [1.54, 1.807) is 12.1 Å². The second-order valence-electron chi connectivity index (χ2n) is 7.74. The second-order valence-corrected chi connectivity index (χ2v) is 11.0. The summed E-state index contributed by atoms with van der Waals surface area (Å²) in [5, 5.41) is 3.28. The third kappa shape index (κ3) is 4.05. The highest BCUT2D eigenvalue weighted by Gasteiger charge is 2.46. The molecule has 2 aliphatic rings. The molecule has 2 aromatic heterocycles. The number of carbonyl (C=O) groups excluding carboxylic acids is 1. The molecule has 30 heavy (non-hydrogen) atoms. The number of amidine groups is 1. The lowest BCUT2D eigenvalue weighted by Gasteiger charge is -2.39. The maximum absolute atomic E-state index is 13.1. The molecule has 0 radical (unpaired) electrons. The first kappa shape index (κ1) is 21.5. The summed E-state index contributed by atoms with van der Waals surface area (Å²) < 4.78 is 12.7. The first-order valence-corrected chi connectivity index (χ1v) is 12.7. The Morgan fingerprint density at radius 3 is 2.83 bits per heavy atom. The van der Waals surface area contributed by atoms with Crippen LogP contribution in [-0.4, -0.2) is 31.4 Å². The van der Waals surface area contributed by atoms with Crippen molar-refractivity contribution in [3.05, 3.63) is 44.7 Å². The predicted molar refractivity (Wildman–Crippen MR) is 124 cm³/mol. The van der Waals surface area contributed by atoms with E-state index in [0.717, 1.165) is 49.1 Å². The number of rotatable bonds is 4. The number of aliphatic imine (C=N–C) groups is 1. The van der Waals surface area contributed by atoms with Crippen molar-refractivity contribution in [2.24, 2.45) is 10.7 Å². The molecule has 2 aromatic rings. The van der Waals surface area contributed by atoms with E-state index in [9.17, 15) is 9.00 Å². The Labute approximate surface area is 187 Å². The molecule has 1 amide bonds. The van der Waals surface area contributed by atoms with Crippen molar-refractivity contribution in [3.63, 3.8) is 0 Å². The van der Waals surface area contributed by atoms with E-state index in [2.05, 4.69) is 10.3 Å². The van der Waals surface area contributed by atoms with Gasteiger partial charge in [-0.15, -0.1) is 11.3 Å². The number of pyridine rings is 1. The molecule has 1 fully saturated rings. The van der Waals surface area contributed by atoms with Crippen LogP contribution >= 0.6 is 22.9 Å². The van der Waals surface area contributed by atoms with E-state index < -0.39 is 15.5 Å². The lowest BCUT2D eigenvalue weighted by Crippen LogP contribution is -2.53. The molecular formula is C21H25ClN4O2S2. The molecule has 1 spiro atoms. The summed E-state index contributed by atoms with van der Waals surface area (Å²) in [6.45, 7) is 2.01. The second kappa shape index (κ2) is 8.77. The Morgan fingerprint density at radius 2 is 2.13 bits per heavy atom. The zero-order chi connectivity index (χ0) is 21.3. The van der Waals surface area contributed by atoms with E-state index in [1.807, 2.05) is 19.1 Å². The van der Waals surface area contributed by atoms with Gasteiger partial charge in [0.15, 0.2) is 0 Å². The Morgan fingerprint density at radius 1 is 1.37 bits per heavy atom. The molecule has 1 unspecified atom stereocenters. The largest absolute Gasteiger partial charge is 0.386 e. The van der Waals surface area contributed by atoms with Crippen molar-refractivity contribution in [1.82, 2.24) is 4.98 Å². The molecule has 3 heterocycles. The standard InChI is InChI=1S/C21H25ClN4O2S2/c1-2-13-7-6-8-17(24-13)26-19(27)16-11-14(22)18(29-16)15-12-30(28)21(20(23)25-15)9-4-3-5-10-21/h6-8,11,15H,2-5,9-10,12H2,1H3,(H2,23,25)(H,24,26,27)/t15-,30?/m0/s1. The topological polar surface area (TPSA) is 97.4 Å². The fourth-order valence-electron chi connectivity index (χ4n) is 4.13. The SMILES string of the molecule is CCc1cccc(NC(=O)c2cc(Cl)c([C@@H]3CS(=O)C4(CCCCC4)C(N)=N3)s2)n1. The summed E-state index contributed by atoms with van der Waals surface area (Å²) in [5.41, 5.74) is 7.25. The molecular weight excluding hydrogens is 440 g/mol. The monoisotopic (exact) mass is 464 g/mol. The Bertz CT molecular complexity index is 1010. The number of nitrogens with one attached hydrogen (secondary N) is 1. The van der Waals surface area contributed by atoms with E-state index in [-0.39, 0.29) is 11.9 Å². The van der Waals surface area contributed by atoms with Crippen LogP contribution in [0.25, 0.3) is 0 Å². The van der Waals surface area contributed by atoms with Crippen LogP contribution in [0.4, 0.5) is 5.82 Å². The Balaban J connectivity index is 1.55. The van der Waals surface area contributed by atoms with Gasteiger partial charge in [-0.3, -0.25) is 14.0 Å². The van der Waals surface area contributed by atoms with Crippen LogP contribution < -0.4 is 11.1 Å². The van der Waals surface area contributed by atoms with Crippen molar-refractivity contribution in [2.45, 2.75) is 56.2 Å². The minimum absolute atomic E-state index is 0.272. The molecule has 2 atom stereocenters. The highest BCUT2D eigenvalue weighted by Crippen LogP contribution is 2.42. The van der Waals surface area contributed by atoms with Gasteiger partial charge >= 0.3 is 0 Å². The van der Waals surface area contributed by atoms with Crippen molar-refractivity contribution in [2.75, 3.05) is 11.1 Å². The molecule has 4 rings (SSSR count). The van der Waals surface area contributed by atoms with Gasteiger partial charge in [0, 0.05) is 21.4 Å². The van der Waals surface area contributed by atoms with Gasteiger partial charge in [0.25, 0.3) is 5.91 Å². The number of hydrogen-bond donors (Lipinski definition) is 2. The van der Waals surface area contributed by atoms with Gasteiger partial charge in [-0.25, -0.2) is 4.98 Å². The summed E-state index contributed by atoms with van der Waals surface area (Å²) in [5.74, 6) is 1.10. The first-order chi connectivity index (χ1) is 14.4. The number of nitrogens with two attached hydrogens (primary N) is 1. The van der Waals surface area contributed by atoms with Crippen LogP contribution in [0, 0.1) is 0 Å². The van der Waals surface area contributed by atoms with Crippen LogP contribution in [0.3, 0.4) is 0 Å². The quantitative estimate of drug-likeness (QED) is 0.697. The Kier molecular flexibility index (Phi) is 6.27. The molecule has 160 valence electrons. The molecule has 0 saturated heterocycles. The average Bonchev–Trinajstić information content (AvgIpc) is 3.14. The van der Waals surface area contributed by atoms with Gasteiger partial charge in [-0.1, -0.05) is 43.9 Å². The third-order valence-corrected chi connectivity index (χ3v) is 9.59. The highest BCUT2D eigenvalue weighted by atomic mass is 35.5. The molecule has 3 N–H and O–H groups in total. The maximum Gasteiger partial charge on any atom is 0.266 e. The van der Waals surface area contributed by atoms with Crippen molar-refractivity contribution >= 4 is 51.3 Å². The molecule has 1 aliphatic carbocycles. The minimum Gasteiger partial charge on any atom is -0.386 e. The number of aromatic nitrogens is 1. The van der Waals surface area contributed by atoms with Crippen molar-refractivity contribution in [1.29, 1.82) is 0 Å². The van der Waals surface area contributed by atoms with Crippen molar-refractivity contribution < 1.29 is 9.00 Å². The van der Waals surface area contributed by atoms with E-state index in [0.29, 0.717) is 27.3 Å². The number of amides is 1. The van der Waals surface area contributed by atoms with Gasteiger partial charge in [0.2, 0.25) is 0 Å². The summed E-state index contributed by atoms with van der Waals surface area (Å²) in [6, 6.07) is 6.80.